The lowest BCUT2D eigenvalue weighted by Crippen LogP contribution is -2.40. The minimum atomic E-state index is -0.0104. The van der Waals surface area contributed by atoms with Crippen LogP contribution in [0.15, 0.2) is 5.38 Å². The highest BCUT2D eigenvalue weighted by molar-refractivity contribution is 7.13. The second-order valence-electron chi connectivity index (χ2n) is 5.34. The number of carbonyl (C=O) groups is 1. The van der Waals surface area contributed by atoms with Gasteiger partial charge in [-0.3, -0.25) is 5.32 Å². The molecule has 1 aliphatic carbocycles. The third-order valence-electron chi connectivity index (χ3n) is 3.56. The molecule has 5 nitrogen and oxygen atoms in total. The molecule has 0 spiro atoms. The van der Waals surface area contributed by atoms with Gasteiger partial charge in [0.05, 0.1) is 12.3 Å². The smallest absolute Gasteiger partial charge is 0.323 e. The molecule has 3 rings (SSSR count). The van der Waals surface area contributed by atoms with E-state index in [-0.39, 0.29) is 6.03 Å². The fourth-order valence-electron chi connectivity index (χ4n) is 2.36. The van der Waals surface area contributed by atoms with Crippen LogP contribution in [0.1, 0.15) is 25.0 Å². The summed E-state index contributed by atoms with van der Waals surface area (Å²) in [4.78, 5) is 18.6. The molecule has 1 saturated heterocycles. The Kier molecular flexibility index (Phi) is 3.70. The minimum absolute atomic E-state index is 0.0104. The minimum Gasteiger partial charge on any atom is -0.381 e. The molecule has 1 aromatic rings. The molecule has 1 atom stereocenters. The Hall–Kier alpha value is -1.14. The maximum absolute atomic E-state index is 12.3. The number of aromatic nitrogens is 1. The largest absolute Gasteiger partial charge is 0.381 e. The fourth-order valence-corrected chi connectivity index (χ4v) is 3.04. The van der Waals surface area contributed by atoms with Gasteiger partial charge >= 0.3 is 6.03 Å². The molecule has 0 bridgehead atoms. The second kappa shape index (κ2) is 5.46. The summed E-state index contributed by atoms with van der Waals surface area (Å²) in [5.41, 5.74) is 0.947. The molecule has 104 valence electrons. The number of carbonyl (C=O) groups excluding carboxylic acids is 1. The molecule has 1 aromatic heterocycles. The quantitative estimate of drug-likeness (QED) is 0.922. The second-order valence-corrected chi connectivity index (χ2v) is 6.20. The number of ether oxygens (including phenoxy) is 1. The Labute approximate surface area is 117 Å². The van der Waals surface area contributed by atoms with Crippen molar-refractivity contribution >= 4 is 22.5 Å². The van der Waals surface area contributed by atoms with Crippen molar-refractivity contribution in [3.8, 4) is 0 Å². The molecule has 2 fully saturated rings. The molecule has 0 radical (unpaired) electrons. The van der Waals surface area contributed by atoms with Crippen LogP contribution in [0.3, 0.4) is 0 Å². The summed E-state index contributed by atoms with van der Waals surface area (Å²) in [7, 11) is 0. The van der Waals surface area contributed by atoms with Crippen molar-refractivity contribution in [1.82, 2.24) is 9.88 Å². The lowest BCUT2D eigenvalue weighted by atomic mass is 10.1. The first-order valence-electron chi connectivity index (χ1n) is 6.80. The Bertz CT molecular complexity index is 452. The Morgan fingerprint density at radius 2 is 2.42 bits per heavy atom. The van der Waals surface area contributed by atoms with E-state index in [0.29, 0.717) is 17.1 Å². The van der Waals surface area contributed by atoms with Crippen molar-refractivity contribution < 1.29 is 9.53 Å². The fraction of sp³-hybridized carbons (Fsp3) is 0.692. The molecule has 6 heteroatoms. The van der Waals surface area contributed by atoms with Gasteiger partial charge in [-0.05, 0) is 26.2 Å². The molecule has 1 saturated carbocycles. The van der Waals surface area contributed by atoms with Crippen LogP contribution in [0, 0.1) is 12.8 Å². The zero-order chi connectivity index (χ0) is 13.2. The summed E-state index contributed by atoms with van der Waals surface area (Å²) < 4.78 is 5.39. The normalized spacial score (nSPS) is 22.5. The zero-order valence-corrected chi connectivity index (χ0v) is 11.9. The molecular formula is C13H19N3O2S. The molecule has 1 N–H and O–H groups in total. The summed E-state index contributed by atoms with van der Waals surface area (Å²) in [6.07, 6.45) is 3.31. The SMILES string of the molecule is Cc1csc(NC(=O)N(CC2CCOC2)C2CC2)n1. The number of thiazole rings is 1. The number of anilines is 1. The van der Waals surface area contributed by atoms with Crippen LogP contribution in [-0.2, 0) is 4.74 Å². The van der Waals surface area contributed by atoms with E-state index in [1.807, 2.05) is 17.2 Å². The first-order valence-corrected chi connectivity index (χ1v) is 7.68. The van der Waals surface area contributed by atoms with E-state index >= 15 is 0 Å². The molecule has 0 aromatic carbocycles. The monoisotopic (exact) mass is 281 g/mol. The predicted octanol–water partition coefficient (Wildman–Crippen LogP) is 2.48. The summed E-state index contributed by atoms with van der Waals surface area (Å²) in [6.45, 7) is 4.35. The number of rotatable bonds is 4. The number of nitrogens with one attached hydrogen (secondary N) is 1. The lowest BCUT2D eigenvalue weighted by Gasteiger charge is -2.24. The van der Waals surface area contributed by atoms with Crippen molar-refractivity contribution in [2.75, 3.05) is 25.1 Å². The van der Waals surface area contributed by atoms with E-state index in [1.165, 1.54) is 11.3 Å². The van der Waals surface area contributed by atoms with Gasteiger partial charge in [-0.15, -0.1) is 11.3 Å². The highest BCUT2D eigenvalue weighted by atomic mass is 32.1. The first-order chi connectivity index (χ1) is 9.22. The summed E-state index contributed by atoms with van der Waals surface area (Å²) in [5.74, 6) is 0.490. The predicted molar refractivity (Wildman–Crippen MR) is 74.5 cm³/mol. The van der Waals surface area contributed by atoms with Gasteiger partial charge in [0.15, 0.2) is 5.13 Å². The van der Waals surface area contributed by atoms with Gasteiger partial charge in [0, 0.05) is 30.5 Å². The van der Waals surface area contributed by atoms with Crippen LogP contribution in [0.5, 0.6) is 0 Å². The first kappa shape index (κ1) is 12.9. The molecule has 2 amide bonds. The highest BCUT2D eigenvalue weighted by Crippen LogP contribution is 2.29. The van der Waals surface area contributed by atoms with Crippen molar-refractivity contribution in [2.45, 2.75) is 32.2 Å². The molecule has 1 unspecified atom stereocenters. The van der Waals surface area contributed by atoms with Gasteiger partial charge in [-0.1, -0.05) is 0 Å². The van der Waals surface area contributed by atoms with E-state index < -0.39 is 0 Å². The molecule has 1 aliphatic heterocycles. The van der Waals surface area contributed by atoms with Gasteiger partial charge in [0.25, 0.3) is 0 Å². The average Bonchev–Trinajstić information content (AvgIpc) is 2.93. The van der Waals surface area contributed by atoms with Crippen LogP contribution in [0.4, 0.5) is 9.93 Å². The number of amides is 2. The van der Waals surface area contributed by atoms with E-state index in [9.17, 15) is 4.79 Å². The standard InChI is InChI=1S/C13H19N3O2S/c1-9-8-19-12(14-9)15-13(17)16(11-2-3-11)6-10-4-5-18-7-10/h8,10-11H,2-7H2,1H3,(H,14,15,17). The van der Waals surface area contributed by atoms with E-state index in [0.717, 1.165) is 44.7 Å². The zero-order valence-electron chi connectivity index (χ0n) is 11.1. The topological polar surface area (TPSA) is 54.5 Å². The van der Waals surface area contributed by atoms with Gasteiger partial charge in [-0.2, -0.15) is 0 Å². The number of urea groups is 1. The number of hydrogen-bond acceptors (Lipinski definition) is 4. The van der Waals surface area contributed by atoms with E-state index in [4.69, 9.17) is 4.74 Å². The Morgan fingerprint density at radius 1 is 1.58 bits per heavy atom. The Balaban J connectivity index is 1.60. The molecule has 2 aliphatic rings. The Morgan fingerprint density at radius 3 is 3.00 bits per heavy atom. The maximum atomic E-state index is 12.3. The van der Waals surface area contributed by atoms with Crippen molar-refractivity contribution in [3.63, 3.8) is 0 Å². The number of aryl methyl sites for hydroxylation is 1. The van der Waals surface area contributed by atoms with Gasteiger partial charge in [0.2, 0.25) is 0 Å². The molecule has 2 heterocycles. The van der Waals surface area contributed by atoms with Crippen LogP contribution in [0.25, 0.3) is 0 Å². The van der Waals surface area contributed by atoms with Gasteiger partial charge in [0.1, 0.15) is 0 Å². The average molecular weight is 281 g/mol. The molecular weight excluding hydrogens is 262 g/mol. The van der Waals surface area contributed by atoms with E-state index in [1.54, 1.807) is 0 Å². The van der Waals surface area contributed by atoms with Crippen LogP contribution < -0.4 is 5.32 Å². The van der Waals surface area contributed by atoms with Crippen LogP contribution in [-0.4, -0.2) is 41.7 Å². The van der Waals surface area contributed by atoms with E-state index in [2.05, 4.69) is 10.3 Å². The van der Waals surface area contributed by atoms with Crippen molar-refractivity contribution in [1.29, 1.82) is 0 Å². The van der Waals surface area contributed by atoms with Gasteiger partial charge in [-0.25, -0.2) is 9.78 Å². The summed E-state index contributed by atoms with van der Waals surface area (Å²) >= 11 is 1.48. The van der Waals surface area contributed by atoms with Crippen LogP contribution in [0.2, 0.25) is 0 Å². The van der Waals surface area contributed by atoms with Crippen molar-refractivity contribution in [3.05, 3.63) is 11.1 Å². The van der Waals surface area contributed by atoms with Gasteiger partial charge < -0.3 is 9.64 Å². The lowest BCUT2D eigenvalue weighted by molar-refractivity contribution is 0.167. The number of nitrogens with zero attached hydrogens (tertiary/aromatic N) is 2. The van der Waals surface area contributed by atoms with Crippen molar-refractivity contribution in [2.24, 2.45) is 5.92 Å². The summed E-state index contributed by atoms with van der Waals surface area (Å²) in [5, 5.41) is 5.55. The van der Waals surface area contributed by atoms with Crippen LogP contribution >= 0.6 is 11.3 Å². The highest BCUT2D eigenvalue weighted by Gasteiger charge is 2.35. The third kappa shape index (κ3) is 3.25. The third-order valence-corrected chi connectivity index (χ3v) is 4.44. The maximum Gasteiger partial charge on any atom is 0.323 e. The number of hydrogen-bond donors (Lipinski definition) is 1. The molecule has 19 heavy (non-hydrogen) atoms. The summed E-state index contributed by atoms with van der Waals surface area (Å²) in [6, 6.07) is 0.408.